The molecule has 0 spiro atoms. The Morgan fingerprint density at radius 3 is 2.52 bits per heavy atom. The summed E-state index contributed by atoms with van der Waals surface area (Å²) in [5.74, 6) is 0.622. The van der Waals surface area contributed by atoms with Gasteiger partial charge in [-0.15, -0.1) is 0 Å². The van der Waals surface area contributed by atoms with Crippen LogP contribution < -0.4 is 15.6 Å². The van der Waals surface area contributed by atoms with E-state index in [1.54, 1.807) is 13.2 Å². The Labute approximate surface area is 157 Å². The number of rotatable bonds is 5. The Bertz CT molecular complexity index is 1020. The van der Waals surface area contributed by atoms with Crippen LogP contribution in [0.3, 0.4) is 0 Å². The monoisotopic (exact) mass is 363 g/mol. The summed E-state index contributed by atoms with van der Waals surface area (Å²) in [5, 5.41) is 7.32. The molecule has 0 atom stereocenters. The molecule has 138 valence electrons. The first-order chi connectivity index (χ1) is 13.0. The zero-order valence-corrected chi connectivity index (χ0v) is 15.5. The highest BCUT2D eigenvalue weighted by Gasteiger charge is 2.11. The first-order valence-corrected chi connectivity index (χ1v) is 8.57. The Morgan fingerprint density at radius 1 is 1.11 bits per heavy atom. The van der Waals surface area contributed by atoms with Crippen LogP contribution in [0.2, 0.25) is 0 Å². The van der Waals surface area contributed by atoms with Crippen LogP contribution in [-0.4, -0.2) is 22.8 Å². The third-order valence-corrected chi connectivity index (χ3v) is 4.18. The maximum absolute atomic E-state index is 12.5. The lowest BCUT2D eigenvalue weighted by Gasteiger charge is -2.13. The minimum absolute atomic E-state index is 0.131. The fourth-order valence-electron chi connectivity index (χ4n) is 2.74. The number of nitrogens with one attached hydrogen (secondary N) is 1. The number of methoxy groups -OCH3 is 1. The van der Waals surface area contributed by atoms with E-state index in [2.05, 4.69) is 10.4 Å². The van der Waals surface area contributed by atoms with Gasteiger partial charge in [0.25, 0.3) is 5.56 Å². The predicted molar refractivity (Wildman–Crippen MR) is 104 cm³/mol. The van der Waals surface area contributed by atoms with Gasteiger partial charge in [-0.3, -0.25) is 9.59 Å². The van der Waals surface area contributed by atoms with Crippen LogP contribution in [0.15, 0.2) is 59.4 Å². The summed E-state index contributed by atoms with van der Waals surface area (Å²) in [4.78, 5) is 23.8. The highest BCUT2D eigenvalue weighted by Crippen LogP contribution is 2.21. The van der Waals surface area contributed by atoms with Crippen molar-refractivity contribution in [2.75, 3.05) is 7.11 Å². The van der Waals surface area contributed by atoms with Crippen LogP contribution in [0.4, 0.5) is 0 Å². The fourth-order valence-corrected chi connectivity index (χ4v) is 2.74. The van der Waals surface area contributed by atoms with E-state index in [0.717, 1.165) is 22.4 Å². The second-order valence-corrected chi connectivity index (χ2v) is 6.24. The molecule has 2 aromatic carbocycles. The van der Waals surface area contributed by atoms with Crippen LogP contribution in [0.25, 0.3) is 16.9 Å². The molecule has 1 heterocycles. The van der Waals surface area contributed by atoms with Crippen LogP contribution >= 0.6 is 0 Å². The van der Waals surface area contributed by atoms with Gasteiger partial charge >= 0.3 is 0 Å². The number of hydrogen-bond acceptors (Lipinski definition) is 4. The average molecular weight is 363 g/mol. The van der Waals surface area contributed by atoms with E-state index in [0.29, 0.717) is 17.9 Å². The molecule has 0 unspecified atom stereocenters. The number of carbonyl (C=O) groups is 1. The van der Waals surface area contributed by atoms with Gasteiger partial charge in [0.05, 0.1) is 18.5 Å². The molecule has 3 rings (SSSR count). The molecule has 0 aliphatic heterocycles. The van der Waals surface area contributed by atoms with Gasteiger partial charge in [-0.25, -0.2) is 0 Å². The van der Waals surface area contributed by atoms with E-state index in [1.165, 1.54) is 17.7 Å². The van der Waals surface area contributed by atoms with Crippen molar-refractivity contribution in [2.24, 2.45) is 0 Å². The summed E-state index contributed by atoms with van der Waals surface area (Å²) in [6.45, 7) is 3.73. The highest BCUT2D eigenvalue weighted by molar-refractivity contribution is 5.73. The second kappa shape index (κ2) is 7.86. The summed E-state index contributed by atoms with van der Waals surface area (Å²) in [6.07, 6.45) is 0. The first-order valence-electron chi connectivity index (χ1n) is 8.57. The summed E-state index contributed by atoms with van der Waals surface area (Å²) in [6, 6.07) is 16.4. The van der Waals surface area contributed by atoms with Gasteiger partial charge in [-0.05, 0) is 54.4 Å². The lowest BCUT2D eigenvalue weighted by atomic mass is 10.1. The van der Waals surface area contributed by atoms with Crippen LogP contribution in [0.1, 0.15) is 18.1 Å². The van der Waals surface area contributed by atoms with Gasteiger partial charge in [-0.2, -0.15) is 9.78 Å². The van der Waals surface area contributed by atoms with E-state index >= 15 is 0 Å². The lowest BCUT2D eigenvalue weighted by molar-refractivity contribution is -0.119. The summed E-state index contributed by atoms with van der Waals surface area (Å²) < 4.78 is 6.56. The van der Waals surface area contributed by atoms with Gasteiger partial charge in [0.2, 0.25) is 5.91 Å². The standard InChI is InChI=1S/C21H21N3O3/c1-14-4-5-17(13-22-15(2)25)20(12-14)24-21(26)11-10-19(23-24)16-6-8-18(27-3)9-7-16/h4-12H,13H2,1-3H3,(H,22,25). The highest BCUT2D eigenvalue weighted by atomic mass is 16.5. The molecule has 0 saturated heterocycles. The number of aryl methyl sites for hydroxylation is 1. The quantitative estimate of drug-likeness (QED) is 0.756. The van der Waals surface area contributed by atoms with Crippen molar-refractivity contribution in [1.82, 2.24) is 15.1 Å². The van der Waals surface area contributed by atoms with Crippen molar-refractivity contribution >= 4 is 5.91 Å². The molecule has 0 fully saturated rings. The molecule has 0 aliphatic carbocycles. The lowest BCUT2D eigenvalue weighted by Crippen LogP contribution is -2.25. The average Bonchev–Trinajstić information content (AvgIpc) is 2.67. The molecule has 1 aromatic heterocycles. The van der Waals surface area contributed by atoms with Gasteiger partial charge in [-0.1, -0.05) is 12.1 Å². The number of carbonyl (C=O) groups excluding carboxylic acids is 1. The van der Waals surface area contributed by atoms with Gasteiger partial charge in [0.15, 0.2) is 0 Å². The number of benzene rings is 2. The van der Waals surface area contributed by atoms with Crippen molar-refractivity contribution in [1.29, 1.82) is 0 Å². The smallest absolute Gasteiger partial charge is 0.271 e. The maximum Gasteiger partial charge on any atom is 0.271 e. The van der Waals surface area contributed by atoms with Crippen molar-refractivity contribution in [3.63, 3.8) is 0 Å². The number of hydrogen-bond donors (Lipinski definition) is 1. The third-order valence-electron chi connectivity index (χ3n) is 4.18. The van der Waals surface area contributed by atoms with Crippen LogP contribution in [-0.2, 0) is 11.3 Å². The Balaban J connectivity index is 2.07. The molecule has 0 bridgehead atoms. The number of ether oxygens (including phenoxy) is 1. The molecule has 27 heavy (non-hydrogen) atoms. The van der Waals surface area contributed by atoms with E-state index in [1.807, 2.05) is 49.4 Å². The zero-order valence-electron chi connectivity index (χ0n) is 15.5. The number of nitrogens with zero attached hydrogens (tertiary/aromatic N) is 2. The Kier molecular flexibility index (Phi) is 5.35. The van der Waals surface area contributed by atoms with E-state index < -0.39 is 0 Å². The molecule has 0 radical (unpaired) electrons. The van der Waals surface area contributed by atoms with E-state index in [4.69, 9.17) is 4.74 Å². The van der Waals surface area contributed by atoms with Crippen LogP contribution in [0.5, 0.6) is 5.75 Å². The molecule has 0 aliphatic rings. The summed E-state index contributed by atoms with van der Waals surface area (Å²) in [5.41, 5.74) is 3.79. The number of aromatic nitrogens is 2. The first kappa shape index (κ1) is 18.4. The predicted octanol–water partition coefficient (Wildman–Crippen LogP) is 2.85. The molecular weight excluding hydrogens is 342 g/mol. The van der Waals surface area contributed by atoms with Crippen molar-refractivity contribution in [3.05, 3.63) is 76.1 Å². The van der Waals surface area contributed by atoms with Crippen molar-refractivity contribution in [2.45, 2.75) is 20.4 Å². The molecule has 6 nitrogen and oxygen atoms in total. The topological polar surface area (TPSA) is 73.2 Å². The van der Waals surface area contributed by atoms with Gasteiger partial charge in [0.1, 0.15) is 5.75 Å². The third kappa shape index (κ3) is 4.23. The SMILES string of the molecule is COc1ccc(-c2ccc(=O)n(-c3cc(C)ccc3CNC(C)=O)n2)cc1. The maximum atomic E-state index is 12.5. The van der Waals surface area contributed by atoms with Gasteiger partial charge in [0, 0.05) is 25.1 Å². The molecule has 6 heteroatoms. The zero-order chi connectivity index (χ0) is 19.4. The molecule has 0 saturated carbocycles. The molecular formula is C21H21N3O3. The summed E-state index contributed by atoms with van der Waals surface area (Å²) in [7, 11) is 1.61. The van der Waals surface area contributed by atoms with Gasteiger partial charge < -0.3 is 10.1 Å². The minimum atomic E-state index is -0.234. The summed E-state index contributed by atoms with van der Waals surface area (Å²) >= 11 is 0. The molecule has 3 aromatic rings. The van der Waals surface area contributed by atoms with E-state index in [9.17, 15) is 9.59 Å². The van der Waals surface area contributed by atoms with Crippen LogP contribution in [0, 0.1) is 6.92 Å². The second-order valence-electron chi connectivity index (χ2n) is 6.24. The largest absolute Gasteiger partial charge is 0.497 e. The normalized spacial score (nSPS) is 10.5. The Morgan fingerprint density at radius 2 is 1.85 bits per heavy atom. The minimum Gasteiger partial charge on any atom is -0.497 e. The Hall–Kier alpha value is -3.41. The van der Waals surface area contributed by atoms with Crippen molar-refractivity contribution < 1.29 is 9.53 Å². The van der Waals surface area contributed by atoms with E-state index in [-0.39, 0.29) is 11.5 Å². The van der Waals surface area contributed by atoms with Crippen molar-refractivity contribution in [3.8, 4) is 22.7 Å². The molecule has 1 N–H and O–H groups in total. The fraction of sp³-hybridized carbons (Fsp3) is 0.190. The number of amides is 1. The molecule has 1 amide bonds.